The lowest BCUT2D eigenvalue weighted by molar-refractivity contribution is -0.121. The average molecular weight is 395 g/mol. The zero-order valence-electron chi connectivity index (χ0n) is 15.6. The topological polar surface area (TPSA) is 71.9 Å². The highest BCUT2D eigenvalue weighted by Gasteiger charge is 2.20. The third-order valence-electron chi connectivity index (χ3n) is 4.88. The van der Waals surface area contributed by atoms with Gasteiger partial charge in [-0.2, -0.15) is 5.10 Å². The molecule has 1 amide bonds. The highest BCUT2D eigenvalue weighted by atomic mass is 32.1. The number of para-hydroxylation sites is 1. The minimum atomic E-state index is -0.0924. The summed E-state index contributed by atoms with van der Waals surface area (Å²) < 4.78 is 7.95. The first-order chi connectivity index (χ1) is 13.6. The van der Waals surface area contributed by atoms with Crippen molar-refractivity contribution in [3.8, 4) is 17.1 Å². The van der Waals surface area contributed by atoms with E-state index in [1.54, 1.807) is 4.57 Å². The summed E-state index contributed by atoms with van der Waals surface area (Å²) in [4.78, 5) is 12.5. The van der Waals surface area contributed by atoms with Crippen LogP contribution in [0.1, 0.15) is 11.1 Å². The molecule has 2 N–H and O–H groups in total. The van der Waals surface area contributed by atoms with E-state index in [9.17, 15) is 4.79 Å². The van der Waals surface area contributed by atoms with Gasteiger partial charge in [0.15, 0.2) is 10.6 Å². The largest absolute Gasteiger partial charge is 0.493 e. The third kappa shape index (κ3) is 3.99. The fourth-order valence-electron chi connectivity index (χ4n) is 3.45. The summed E-state index contributed by atoms with van der Waals surface area (Å²) in [5.41, 5.74) is 3.24. The molecule has 0 spiro atoms. The maximum Gasteiger partial charge on any atom is 0.240 e. The van der Waals surface area contributed by atoms with Crippen molar-refractivity contribution < 1.29 is 9.53 Å². The average Bonchev–Trinajstić information content (AvgIpc) is 3.06. The quantitative estimate of drug-likeness (QED) is 0.652. The van der Waals surface area contributed by atoms with E-state index in [1.807, 2.05) is 49.4 Å². The molecule has 0 fully saturated rings. The van der Waals surface area contributed by atoms with Crippen LogP contribution in [-0.4, -0.2) is 33.8 Å². The number of nitrogens with zero attached hydrogens (tertiary/aromatic N) is 2. The van der Waals surface area contributed by atoms with Crippen LogP contribution in [0.15, 0.2) is 48.5 Å². The van der Waals surface area contributed by atoms with Gasteiger partial charge in [0.1, 0.15) is 12.3 Å². The lowest BCUT2D eigenvalue weighted by Gasteiger charge is -2.25. The molecular weight excluding hydrogens is 372 g/mol. The second kappa shape index (κ2) is 7.98. The van der Waals surface area contributed by atoms with Gasteiger partial charge in [0, 0.05) is 18.0 Å². The van der Waals surface area contributed by atoms with Crippen molar-refractivity contribution in [3.63, 3.8) is 0 Å². The molecule has 4 rings (SSSR count). The molecule has 144 valence electrons. The standard InChI is InChI=1S/C21H22N4O2S/c1-14-5-4-7-17(9-14)20-23-24-21(28)25(20)12-19(26)22-11-15-10-16-6-2-3-8-18(16)27-13-15/h2-9,15H,10-13H2,1H3,(H,22,26)(H,24,28). The molecule has 28 heavy (non-hydrogen) atoms. The number of carbonyl (C=O) groups excluding carboxylic acids is 1. The van der Waals surface area contributed by atoms with Crippen molar-refractivity contribution >= 4 is 18.1 Å². The number of fused-ring (bicyclic) bond motifs is 1. The van der Waals surface area contributed by atoms with E-state index in [-0.39, 0.29) is 18.4 Å². The lowest BCUT2D eigenvalue weighted by atomic mass is 9.97. The molecule has 0 bridgehead atoms. The smallest absolute Gasteiger partial charge is 0.240 e. The second-order valence-electron chi connectivity index (χ2n) is 7.10. The summed E-state index contributed by atoms with van der Waals surface area (Å²) in [6.07, 6.45) is 0.899. The molecule has 2 heterocycles. The van der Waals surface area contributed by atoms with Crippen LogP contribution in [0.3, 0.4) is 0 Å². The van der Waals surface area contributed by atoms with Gasteiger partial charge in [0.2, 0.25) is 5.91 Å². The number of carbonyl (C=O) groups is 1. The van der Waals surface area contributed by atoms with Crippen molar-refractivity contribution in [1.29, 1.82) is 0 Å². The Hall–Kier alpha value is -2.93. The predicted octanol–water partition coefficient (Wildman–Crippen LogP) is 3.28. The van der Waals surface area contributed by atoms with Gasteiger partial charge in [-0.3, -0.25) is 14.5 Å². The molecule has 1 aliphatic heterocycles. The molecule has 0 saturated carbocycles. The Kier molecular flexibility index (Phi) is 5.25. The Balaban J connectivity index is 1.40. The molecule has 1 unspecified atom stereocenters. The van der Waals surface area contributed by atoms with Crippen LogP contribution >= 0.6 is 12.2 Å². The monoisotopic (exact) mass is 394 g/mol. The first-order valence-corrected chi connectivity index (χ1v) is 9.70. The third-order valence-corrected chi connectivity index (χ3v) is 5.19. The van der Waals surface area contributed by atoms with Gasteiger partial charge >= 0.3 is 0 Å². The van der Waals surface area contributed by atoms with E-state index in [1.165, 1.54) is 5.56 Å². The van der Waals surface area contributed by atoms with Gasteiger partial charge in [-0.25, -0.2) is 0 Å². The van der Waals surface area contributed by atoms with Crippen LogP contribution in [0, 0.1) is 17.6 Å². The molecule has 6 nitrogen and oxygen atoms in total. The molecule has 0 saturated heterocycles. The first-order valence-electron chi connectivity index (χ1n) is 9.30. The minimum absolute atomic E-state index is 0.0924. The molecule has 1 aliphatic rings. The number of H-pyrrole nitrogens is 1. The van der Waals surface area contributed by atoms with E-state index in [2.05, 4.69) is 21.6 Å². The summed E-state index contributed by atoms with van der Waals surface area (Å²) in [6, 6.07) is 16.0. The number of rotatable bonds is 5. The van der Waals surface area contributed by atoms with E-state index < -0.39 is 0 Å². The minimum Gasteiger partial charge on any atom is -0.493 e. The van der Waals surface area contributed by atoms with Crippen LogP contribution in [0.4, 0.5) is 0 Å². The number of aromatic nitrogens is 3. The number of hydrogen-bond donors (Lipinski definition) is 2. The van der Waals surface area contributed by atoms with Crippen molar-refractivity contribution in [1.82, 2.24) is 20.1 Å². The summed E-state index contributed by atoms with van der Waals surface area (Å²) >= 11 is 5.32. The van der Waals surface area contributed by atoms with Crippen molar-refractivity contribution in [3.05, 3.63) is 64.4 Å². The predicted molar refractivity (Wildman–Crippen MR) is 110 cm³/mol. The zero-order valence-corrected chi connectivity index (χ0v) is 16.5. The lowest BCUT2D eigenvalue weighted by Crippen LogP contribution is -2.36. The van der Waals surface area contributed by atoms with Crippen LogP contribution in [0.25, 0.3) is 11.4 Å². The Labute approximate surface area is 168 Å². The van der Waals surface area contributed by atoms with Gasteiger partial charge in [0.05, 0.1) is 6.61 Å². The van der Waals surface area contributed by atoms with E-state index in [0.29, 0.717) is 23.7 Å². The van der Waals surface area contributed by atoms with Crippen molar-refractivity contribution in [2.75, 3.05) is 13.2 Å². The number of ether oxygens (including phenoxy) is 1. The summed E-state index contributed by atoms with van der Waals surface area (Å²) in [6.45, 7) is 3.32. The maximum atomic E-state index is 12.5. The first kappa shape index (κ1) is 18.4. The van der Waals surface area contributed by atoms with E-state index >= 15 is 0 Å². The van der Waals surface area contributed by atoms with Gasteiger partial charge < -0.3 is 10.1 Å². The zero-order chi connectivity index (χ0) is 19.5. The summed E-state index contributed by atoms with van der Waals surface area (Å²) in [5.74, 6) is 1.77. The molecule has 3 aromatic rings. The van der Waals surface area contributed by atoms with Gasteiger partial charge in [0.25, 0.3) is 0 Å². The maximum absolute atomic E-state index is 12.5. The van der Waals surface area contributed by atoms with Crippen molar-refractivity contribution in [2.24, 2.45) is 5.92 Å². The van der Waals surface area contributed by atoms with Gasteiger partial charge in [-0.05, 0) is 43.3 Å². The summed E-state index contributed by atoms with van der Waals surface area (Å²) in [5, 5.41) is 10.1. The van der Waals surface area contributed by atoms with Gasteiger partial charge in [-0.15, -0.1) is 0 Å². The molecular formula is C21H22N4O2S. The van der Waals surface area contributed by atoms with Crippen LogP contribution in [0.2, 0.25) is 0 Å². The number of benzene rings is 2. The SMILES string of the molecule is Cc1cccc(-c2n[nH]c(=S)n2CC(=O)NCC2COc3ccccc3C2)c1. The number of aryl methyl sites for hydroxylation is 1. The highest BCUT2D eigenvalue weighted by Crippen LogP contribution is 2.26. The van der Waals surface area contributed by atoms with Crippen molar-refractivity contribution in [2.45, 2.75) is 19.9 Å². The van der Waals surface area contributed by atoms with E-state index in [0.717, 1.165) is 23.3 Å². The fraction of sp³-hybridized carbons (Fsp3) is 0.286. The van der Waals surface area contributed by atoms with Crippen LogP contribution in [-0.2, 0) is 17.8 Å². The van der Waals surface area contributed by atoms with E-state index in [4.69, 9.17) is 17.0 Å². The Bertz CT molecular complexity index is 1060. The Morgan fingerprint density at radius 1 is 1.32 bits per heavy atom. The number of amides is 1. The second-order valence-corrected chi connectivity index (χ2v) is 7.49. The summed E-state index contributed by atoms with van der Waals surface area (Å²) in [7, 11) is 0. The molecule has 7 heteroatoms. The number of nitrogens with one attached hydrogen (secondary N) is 2. The fourth-order valence-corrected chi connectivity index (χ4v) is 3.65. The van der Waals surface area contributed by atoms with Gasteiger partial charge in [-0.1, -0.05) is 42.0 Å². The molecule has 2 aromatic carbocycles. The molecule has 0 aliphatic carbocycles. The Morgan fingerprint density at radius 2 is 2.18 bits per heavy atom. The normalized spacial score (nSPS) is 15.5. The number of aromatic amines is 1. The van der Waals surface area contributed by atoms with Crippen LogP contribution in [0.5, 0.6) is 5.75 Å². The number of hydrogen-bond acceptors (Lipinski definition) is 4. The molecule has 0 radical (unpaired) electrons. The molecule has 1 atom stereocenters. The highest BCUT2D eigenvalue weighted by molar-refractivity contribution is 7.71. The molecule has 1 aromatic heterocycles. The Morgan fingerprint density at radius 3 is 3.04 bits per heavy atom. The van der Waals surface area contributed by atoms with Crippen LogP contribution < -0.4 is 10.1 Å².